The molecule has 1 aromatic carbocycles. The van der Waals surface area contributed by atoms with Crippen LogP contribution in [0.1, 0.15) is 11.3 Å². The maximum Gasteiger partial charge on any atom is 0.434 e. The molecule has 0 atom stereocenters. The summed E-state index contributed by atoms with van der Waals surface area (Å²) >= 11 is 0. The first-order chi connectivity index (χ1) is 9.45. The molecule has 1 aromatic heterocycles. The minimum atomic E-state index is -4.55. The van der Waals surface area contributed by atoms with E-state index in [9.17, 15) is 17.6 Å². The second-order valence-corrected chi connectivity index (χ2v) is 4.23. The fourth-order valence-electron chi connectivity index (χ4n) is 1.83. The fraction of sp³-hybridized carbons (Fsp3) is 0.308. The lowest BCUT2D eigenvalue weighted by molar-refractivity contribution is -0.140. The Morgan fingerprint density at radius 3 is 2.30 bits per heavy atom. The molecule has 0 amide bonds. The number of nitrogens with zero attached hydrogens (tertiary/aromatic N) is 2. The Kier molecular flexibility index (Phi) is 4.08. The Bertz CT molecular complexity index is 572. The Labute approximate surface area is 113 Å². The van der Waals surface area contributed by atoms with Crippen LogP contribution in [0.4, 0.5) is 17.6 Å². The van der Waals surface area contributed by atoms with Gasteiger partial charge >= 0.3 is 6.18 Å². The molecule has 1 heterocycles. The standard InChI is InChI=1S/C13H13F4N3/c14-5-6-20-8-11(13(15,16)17)19-12(20)10-3-1-9(7-18)2-4-10/h1-4,8H,5-7,18H2. The highest BCUT2D eigenvalue weighted by atomic mass is 19.4. The molecular formula is C13H13F4N3. The van der Waals surface area contributed by atoms with Crippen molar-refractivity contribution in [3.05, 3.63) is 41.7 Å². The molecule has 7 heteroatoms. The summed E-state index contributed by atoms with van der Waals surface area (Å²) < 4.78 is 51.6. The van der Waals surface area contributed by atoms with Crippen molar-refractivity contribution in [3.63, 3.8) is 0 Å². The average molecular weight is 287 g/mol. The van der Waals surface area contributed by atoms with Crippen LogP contribution in [0.5, 0.6) is 0 Å². The SMILES string of the molecule is NCc1ccc(-c2nc(C(F)(F)F)cn2CCF)cc1. The summed E-state index contributed by atoms with van der Waals surface area (Å²) in [5.74, 6) is 0.0959. The van der Waals surface area contributed by atoms with Crippen molar-refractivity contribution in [1.29, 1.82) is 0 Å². The summed E-state index contributed by atoms with van der Waals surface area (Å²) in [7, 11) is 0. The van der Waals surface area contributed by atoms with Crippen LogP contribution in [0.3, 0.4) is 0 Å². The molecule has 0 radical (unpaired) electrons. The summed E-state index contributed by atoms with van der Waals surface area (Å²) in [4.78, 5) is 3.57. The van der Waals surface area contributed by atoms with E-state index in [0.29, 0.717) is 12.1 Å². The number of hydrogen-bond donors (Lipinski definition) is 1. The fourth-order valence-corrected chi connectivity index (χ4v) is 1.83. The van der Waals surface area contributed by atoms with Crippen LogP contribution >= 0.6 is 0 Å². The van der Waals surface area contributed by atoms with Crippen molar-refractivity contribution in [3.8, 4) is 11.4 Å². The zero-order valence-corrected chi connectivity index (χ0v) is 10.5. The van der Waals surface area contributed by atoms with E-state index < -0.39 is 18.5 Å². The van der Waals surface area contributed by atoms with Gasteiger partial charge in [0.15, 0.2) is 5.69 Å². The largest absolute Gasteiger partial charge is 0.434 e. The van der Waals surface area contributed by atoms with E-state index in [-0.39, 0.29) is 12.4 Å². The van der Waals surface area contributed by atoms with Crippen molar-refractivity contribution >= 4 is 0 Å². The van der Waals surface area contributed by atoms with Gasteiger partial charge in [-0.25, -0.2) is 9.37 Å². The van der Waals surface area contributed by atoms with Crippen LogP contribution in [0.2, 0.25) is 0 Å². The summed E-state index contributed by atoms with van der Waals surface area (Å²) in [5, 5.41) is 0. The van der Waals surface area contributed by atoms with E-state index >= 15 is 0 Å². The van der Waals surface area contributed by atoms with Gasteiger partial charge in [-0.2, -0.15) is 13.2 Å². The molecule has 3 nitrogen and oxygen atoms in total. The monoisotopic (exact) mass is 287 g/mol. The normalized spacial score (nSPS) is 11.8. The Morgan fingerprint density at radius 2 is 1.80 bits per heavy atom. The average Bonchev–Trinajstić information content (AvgIpc) is 2.83. The first-order valence-electron chi connectivity index (χ1n) is 5.95. The smallest absolute Gasteiger partial charge is 0.328 e. The second-order valence-electron chi connectivity index (χ2n) is 4.23. The van der Waals surface area contributed by atoms with Crippen LogP contribution in [0.25, 0.3) is 11.4 Å². The molecular weight excluding hydrogens is 274 g/mol. The van der Waals surface area contributed by atoms with Gasteiger partial charge in [-0.1, -0.05) is 24.3 Å². The van der Waals surface area contributed by atoms with Crippen LogP contribution in [-0.4, -0.2) is 16.2 Å². The van der Waals surface area contributed by atoms with E-state index in [1.54, 1.807) is 24.3 Å². The van der Waals surface area contributed by atoms with Crippen LogP contribution in [0, 0.1) is 0 Å². The highest BCUT2D eigenvalue weighted by Gasteiger charge is 2.34. The second kappa shape index (κ2) is 5.62. The van der Waals surface area contributed by atoms with E-state index in [4.69, 9.17) is 5.73 Å². The molecule has 0 saturated carbocycles. The number of rotatable bonds is 4. The van der Waals surface area contributed by atoms with Gasteiger partial charge in [0, 0.05) is 18.3 Å². The van der Waals surface area contributed by atoms with Gasteiger partial charge in [0.25, 0.3) is 0 Å². The van der Waals surface area contributed by atoms with E-state index in [1.807, 2.05) is 0 Å². The van der Waals surface area contributed by atoms with Crippen molar-refractivity contribution in [2.45, 2.75) is 19.3 Å². The first kappa shape index (κ1) is 14.5. The number of hydrogen-bond acceptors (Lipinski definition) is 2. The molecule has 2 aromatic rings. The van der Waals surface area contributed by atoms with Crippen molar-refractivity contribution in [1.82, 2.24) is 9.55 Å². The highest BCUT2D eigenvalue weighted by molar-refractivity contribution is 5.56. The summed E-state index contributed by atoms with van der Waals surface area (Å²) in [6.45, 7) is -0.592. The first-order valence-corrected chi connectivity index (χ1v) is 5.95. The third kappa shape index (κ3) is 2.98. The minimum absolute atomic E-state index is 0.0959. The van der Waals surface area contributed by atoms with Gasteiger partial charge in [0.2, 0.25) is 0 Å². The van der Waals surface area contributed by atoms with Crippen molar-refractivity contribution in [2.24, 2.45) is 5.73 Å². The number of alkyl halides is 4. The molecule has 0 aliphatic carbocycles. The summed E-state index contributed by atoms with van der Waals surface area (Å²) in [5.41, 5.74) is 5.78. The molecule has 0 fully saturated rings. The number of imidazole rings is 1. The van der Waals surface area contributed by atoms with Gasteiger partial charge in [-0.3, -0.25) is 0 Å². The predicted molar refractivity (Wildman–Crippen MR) is 66.5 cm³/mol. The maximum atomic E-state index is 12.7. The predicted octanol–water partition coefficient (Wildman–Crippen LogP) is 3.00. The Hall–Kier alpha value is -1.89. The quantitative estimate of drug-likeness (QED) is 0.878. The van der Waals surface area contributed by atoms with E-state index in [1.165, 1.54) is 4.57 Å². The Balaban J connectivity index is 2.44. The van der Waals surface area contributed by atoms with Crippen LogP contribution < -0.4 is 5.73 Å². The van der Waals surface area contributed by atoms with Crippen LogP contribution in [-0.2, 0) is 19.3 Å². The maximum absolute atomic E-state index is 12.7. The molecule has 0 bridgehead atoms. The summed E-state index contributed by atoms with van der Waals surface area (Å²) in [6.07, 6.45) is -3.72. The van der Waals surface area contributed by atoms with Crippen LogP contribution in [0.15, 0.2) is 30.5 Å². The third-order valence-electron chi connectivity index (χ3n) is 2.84. The molecule has 20 heavy (non-hydrogen) atoms. The molecule has 0 saturated heterocycles. The molecule has 0 spiro atoms. The molecule has 2 N–H and O–H groups in total. The summed E-state index contributed by atoms with van der Waals surface area (Å²) in [6, 6.07) is 6.66. The lowest BCUT2D eigenvalue weighted by Crippen LogP contribution is -2.05. The number of aromatic nitrogens is 2. The van der Waals surface area contributed by atoms with Gasteiger partial charge in [0.1, 0.15) is 12.5 Å². The zero-order chi connectivity index (χ0) is 14.8. The van der Waals surface area contributed by atoms with Gasteiger partial charge in [0.05, 0.1) is 6.54 Å². The van der Waals surface area contributed by atoms with Gasteiger partial charge in [-0.15, -0.1) is 0 Å². The topological polar surface area (TPSA) is 43.8 Å². The lowest BCUT2D eigenvalue weighted by Gasteiger charge is -2.05. The molecule has 108 valence electrons. The number of aryl methyl sites for hydroxylation is 1. The lowest BCUT2D eigenvalue weighted by atomic mass is 10.1. The molecule has 0 aliphatic rings. The molecule has 2 rings (SSSR count). The Morgan fingerprint density at radius 1 is 1.15 bits per heavy atom. The number of benzene rings is 1. The van der Waals surface area contributed by atoms with E-state index in [0.717, 1.165) is 11.8 Å². The van der Waals surface area contributed by atoms with Crippen molar-refractivity contribution in [2.75, 3.05) is 6.67 Å². The third-order valence-corrected chi connectivity index (χ3v) is 2.84. The van der Waals surface area contributed by atoms with E-state index in [2.05, 4.69) is 4.98 Å². The molecule has 0 aliphatic heterocycles. The van der Waals surface area contributed by atoms with Crippen molar-refractivity contribution < 1.29 is 17.6 Å². The van der Waals surface area contributed by atoms with Gasteiger partial charge < -0.3 is 10.3 Å². The minimum Gasteiger partial charge on any atom is -0.328 e. The number of halogens is 4. The van der Waals surface area contributed by atoms with Gasteiger partial charge in [-0.05, 0) is 5.56 Å². The number of nitrogens with two attached hydrogens (primary N) is 1. The highest BCUT2D eigenvalue weighted by Crippen LogP contribution is 2.31. The molecule has 0 unspecified atom stereocenters. The zero-order valence-electron chi connectivity index (χ0n) is 10.5.